The van der Waals surface area contributed by atoms with Gasteiger partial charge in [-0.15, -0.1) is 0 Å². The Kier molecular flexibility index (Phi) is 5.58. The number of hydrogen-bond donors (Lipinski definition) is 1. The molecule has 0 bridgehead atoms. The van der Waals surface area contributed by atoms with Gasteiger partial charge in [0.15, 0.2) is 0 Å². The van der Waals surface area contributed by atoms with Gasteiger partial charge in [0.25, 0.3) is 0 Å². The molecule has 2 heterocycles. The zero-order chi connectivity index (χ0) is 16.9. The number of nitrogens with zero attached hydrogens (tertiary/aromatic N) is 3. The van der Waals surface area contributed by atoms with Crippen molar-refractivity contribution >= 4 is 11.6 Å². The van der Waals surface area contributed by atoms with Crippen LogP contribution in [-0.4, -0.2) is 74.7 Å². The van der Waals surface area contributed by atoms with Crippen LogP contribution < -0.4 is 15.4 Å². The molecule has 6 nitrogen and oxygen atoms in total. The zero-order valence-electron chi connectivity index (χ0n) is 14.5. The number of carbonyl (C=O) groups excluding carboxylic acids is 1. The van der Waals surface area contributed by atoms with E-state index in [1.54, 1.807) is 7.11 Å². The Morgan fingerprint density at radius 1 is 1.17 bits per heavy atom. The largest absolute Gasteiger partial charge is 0.497 e. The van der Waals surface area contributed by atoms with E-state index in [0.717, 1.165) is 51.4 Å². The Labute approximate surface area is 144 Å². The zero-order valence-corrected chi connectivity index (χ0v) is 14.5. The van der Waals surface area contributed by atoms with Gasteiger partial charge in [0.2, 0.25) is 5.91 Å². The molecule has 0 radical (unpaired) electrons. The number of amides is 1. The number of nitrogens with two attached hydrogens (primary N) is 1. The third-order valence-electron chi connectivity index (χ3n) is 5.19. The summed E-state index contributed by atoms with van der Waals surface area (Å²) in [5, 5.41) is 0. The lowest BCUT2D eigenvalue weighted by atomic mass is 10.0. The van der Waals surface area contributed by atoms with Gasteiger partial charge in [-0.05, 0) is 37.1 Å². The molecule has 2 N–H and O–H groups in total. The number of methoxy groups -OCH3 is 1. The third-order valence-corrected chi connectivity index (χ3v) is 5.19. The highest BCUT2D eigenvalue weighted by atomic mass is 16.5. The summed E-state index contributed by atoms with van der Waals surface area (Å²) in [4.78, 5) is 18.7. The maximum atomic E-state index is 11.8. The van der Waals surface area contributed by atoms with Crippen LogP contribution in [0.5, 0.6) is 5.75 Å². The van der Waals surface area contributed by atoms with Gasteiger partial charge in [0.05, 0.1) is 13.7 Å². The SMILES string of the molecule is COc1ccc(N2CCN([C@H]3CCCN(C(=O)CN)C3)CC2)cc1. The molecular weight excluding hydrogens is 304 g/mol. The monoisotopic (exact) mass is 332 g/mol. The number of rotatable bonds is 4. The predicted octanol–water partition coefficient (Wildman–Crippen LogP) is 0.767. The van der Waals surface area contributed by atoms with Crippen LogP contribution in [-0.2, 0) is 4.79 Å². The van der Waals surface area contributed by atoms with Gasteiger partial charge < -0.3 is 20.3 Å². The quantitative estimate of drug-likeness (QED) is 0.882. The molecule has 24 heavy (non-hydrogen) atoms. The van der Waals surface area contributed by atoms with Gasteiger partial charge in [0, 0.05) is 51.0 Å². The van der Waals surface area contributed by atoms with Crippen LogP contribution in [0.4, 0.5) is 5.69 Å². The summed E-state index contributed by atoms with van der Waals surface area (Å²) in [5.74, 6) is 0.973. The molecule has 0 spiro atoms. The van der Waals surface area contributed by atoms with Gasteiger partial charge in [-0.3, -0.25) is 9.69 Å². The van der Waals surface area contributed by atoms with Crippen molar-refractivity contribution in [3.63, 3.8) is 0 Å². The maximum Gasteiger partial charge on any atom is 0.236 e. The maximum absolute atomic E-state index is 11.8. The average molecular weight is 332 g/mol. The molecule has 0 aliphatic carbocycles. The lowest BCUT2D eigenvalue weighted by Gasteiger charge is -2.44. The van der Waals surface area contributed by atoms with Crippen molar-refractivity contribution in [2.75, 3.05) is 57.8 Å². The van der Waals surface area contributed by atoms with Crippen LogP contribution in [0.15, 0.2) is 24.3 Å². The van der Waals surface area contributed by atoms with Gasteiger partial charge in [-0.25, -0.2) is 0 Å². The van der Waals surface area contributed by atoms with E-state index in [1.807, 2.05) is 17.0 Å². The summed E-state index contributed by atoms with van der Waals surface area (Å²) in [6.45, 7) is 5.94. The Hall–Kier alpha value is -1.79. The molecule has 132 valence electrons. The van der Waals surface area contributed by atoms with Crippen LogP contribution in [0.2, 0.25) is 0 Å². The normalized spacial score (nSPS) is 22.5. The molecule has 2 aliphatic heterocycles. The summed E-state index contributed by atoms with van der Waals surface area (Å²) < 4.78 is 5.22. The van der Waals surface area contributed by atoms with Crippen molar-refractivity contribution in [2.24, 2.45) is 5.73 Å². The molecule has 1 amide bonds. The van der Waals surface area contributed by atoms with E-state index >= 15 is 0 Å². The smallest absolute Gasteiger partial charge is 0.236 e. The molecule has 0 aromatic heterocycles. The van der Waals surface area contributed by atoms with Crippen molar-refractivity contribution in [3.05, 3.63) is 24.3 Å². The molecule has 0 unspecified atom stereocenters. The van der Waals surface area contributed by atoms with Crippen molar-refractivity contribution < 1.29 is 9.53 Å². The van der Waals surface area contributed by atoms with E-state index in [4.69, 9.17) is 10.5 Å². The third kappa shape index (κ3) is 3.82. The Balaban J connectivity index is 1.53. The first-order valence-electron chi connectivity index (χ1n) is 8.82. The molecule has 2 fully saturated rings. The number of carbonyl (C=O) groups is 1. The highest BCUT2D eigenvalue weighted by Crippen LogP contribution is 2.23. The summed E-state index contributed by atoms with van der Waals surface area (Å²) >= 11 is 0. The number of anilines is 1. The van der Waals surface area contributed by atoms with E-state index in [9.17, 15) is 4.79 Å². The fraction of sp³-hybridized carbons (Fsp3) is 0.611. The number of piperazine rings is 1. The minimum absolute atomic E-state index is 0.0802. The number of piperidine rings is 1. The van der Waals surface area contributed by atoms with Crippen LogP contribution in [0.3, 0.4) is 0 Å². The summed E-state index contributed by atoms with van der Waals surface area (Å²) in [6.07, 6.45) is 2.26. The van der Waals surface area contributed by atoms with Gasteiger partial charge in [-0.1, -0.05) is 0 Å². The molecule has 1 atom stereocenters. The molecule has 0 saturated carbocycles. The lowest BCUT2D eigenvalue weighted by molar-refractivity contribution is -0.131. The first kappa shape index (κ1) is 17.0. The molecule has 1 aromatic rings. The Morgan fingerprint density at radius 2 is 1.88 bits per heavy atom. The van der Waals surface area contributed by atoms with Crippen molar-refractivity contribution in [1.82, 2.24) is 9.80 Å². The second-order valence-electron chi connectivity index (χ2n) is 6.56. The van der Waals surface area contributed by atoms with Crippen LogP contribution in [0.25, 0.3) is 0 Å². The van der Waals surface area contributed by atoms with E-state index in [1.165, 1.54) is 12.1 Å². The fourth-order valence-corrected chi connectivity index (χ4v) is 3.75. The highest BCUT2D eigenvalue weighted by molar-refractivity contribution is 5.78. The van der Waals surface area contributed by atoms with Crippen molar-refractivity contribution in [3.8, 4) is 5.75 Å². The Morgan fingerprint density at radius 3 is 2.50 bits per heavy atom. The van der Waals surface area contributed by atoms with E-state index in [-0.39, 0.29) is 12.5 Å². The molecule has 2 aliphatic rings. The van der Waals surface area contributed by atoms with Crippen LogP contribution in [0, 0.1) is 0 Å². The van der Waals surface area contributed by atoms with Crippen molar-refractivity contribution in [2.45, 2.75) is 18.9 Å². The first-order chi connectivity index (χ1) is 11.7. The summed E-state index contributed by atoms with van der Waals surface area (Å²) in [7, 11) is 1.69. The lowest BCUT2D eigenvalue weighted by Crippen LogP contribution is -2.56. The Bertz CT molecular complexity index is 540. The number of likely N-dealkylation sites (tertiary alicyclic amines) is 1. The molecule has 1 aromatic carbocycles. The minimum atomic E-state index is 0.0802. The fourth-order valence-electron chi connectivity index (χ4n) is 3.75. The van der Waals surface area contributed by atoms with E-state index < -0.39 is 0 Å². The standard InChI is InChI=1S/C18H28N4O2/c1-24-17-6-4-15(5-7-17)20-9-11-21(12-10-20)16-3-2-8-22(14-16)18(23)13-19/h4-7,16H,2-3,8-14,19H2,1H3/t16-/m0/s1. The highest BCUT2D eigenvalue weighted by Gasteiger charge is 2.29. The van der Waals surface area contributed by atoms with E-state index in [2.05, 4.69) is 21.9 Å². The second kappa shape index (κ2) is 7.85. The topological polar surface area (TPSA) is 62.0 Å². The molecular formula is C18H28N4O2. The minimum Gasteiger partial charge on any atom is -0.497 e. The average Bonchev–Trinajstić information content (AvgIpc) is 2.67. The first-order valence-corrected chi connectivity index (χ1v) is 8.82. The molecule has 2 saturated heterocycles. The van der Waals surface area contributed by atoms with Gasteiger partial charge >= 0.3 is 0 Å². The predicted molar refractivity (Wildman–Crippen MR) is 95.4 cm³/mol. The summed E-state index contributed by atoms with van der Waals surface area (Å²) in [5.41, 5.74) is 6.76. The van der Waals surface area contributed by atoms with Gasteiger partial charge in [0.1, 0.15) is 5.75 Å². The van der Waals surface area contributed by atoms with Crippen molar-refractivity contribution in [1.29, 1.82) is 0 Å². The van der Waals surface area contributed by atoms with Crippen LogP contribution in [0.1, 0.15) is 12.8 Å². The van der Waals surface area contributed by atoms with Gasteiger partial charge in [-0.2, -0.15) is 0 Å². The number of ether oxygens (including phenoxy) is 1. The van der Waals surface area contributed by atoms with E-state index in [0.29, 0.717) is 6.04 Å². The second-order valence-corrected chi connectivity index (χ2v) is 6.56. The summed E-state index contributed by atoms with van der Waals surface area (Å²) in [6, 6.07) is 8.75. The number of hydrogen-bond acceptors (Lipinski definition) is 5. The van der Waals surface area contributed by atoms with Crippen LogP contribution >= 0.6 is 0 Å². The molecule has 3 rings (SSSR count). The molecule has 6 heteroatoms. The number of benzene rings is 1.